The van der Waals surface area contributed by atoms with Gasteiger partial charge in [-0.2, -0.15) is 0 Å². The van der Waals surface area contributed by atoms with Crippen molar-refractivity contribution in [2.24, 2.45) is 5.92 Å². The first-order valence-electron chi connectivity index (χ1n) is 8.87. The molecular formula is C19H26F2N2O4. The number of benzene rings is 1. The highest BCUT2D eigenvalue weighted by atomic mass is 19.3. The van der Waals surface area contributed by atoms with E-state index in [4.69, 9.17) is 9.47 Å². The maximum atomic E-state index is 14.2. The van der Waals surface area contributed by atoms with Crippen molar-refractivity contribution in [1.82, 2.24) is 10.2 Å². The molecule has 1 saturated heterocycles. The molecule has 1 atom stereocenters. The third kappa shape index (κ3) is 6.69. The van der Waals surface area contributed by atoms with Crippen LogP contribution in [0.1, 0.15) is 32.8 Å². The predicted octanol–water partition coefficient (Wildman–Crippen LogP) is 3.81. The first-order valence-corrected chi connectivity index (χ1v) is 8.87. The standard InChI is InChI=1S/C19H26F2N2O4/c1-18(2,3)27-17(25)23-10-9-19(20,21)15(12-23)11-22-16(24)26-13-14-7-5-4-6-8-14/h4-8,15H,9-13H2,1-3H3,(H,22,24). The molecule has 8 heteroatoms. The number of likely N-dealkylation sites (tertiary alicyclic amines) is 1. The third-order valence-electron chi connectivity index (χ3n) is 4.11. The molecule has 1 aliphatic heterocycles. The summed E-state index contributed by atoms with van der Waals surface area (Å²) in [6.07, 6.45) is -1.88. The number of amides is 2. The van der Waals surface area contributed by atoms with E-state index in [2.05, 4.69) is 5.32 Å². The number of carbonyl (C=O) groups excluding carboxylic acids is 2. The molecule has 0 spiro atoms. The molecule has 1 heterocycles. The number of alkyl carbamates (subject to hydrolysis) is 1. The summed E-state index contributed by atoms with van der Waals surface area (Å²) >= 11 is 0. The summed E-state index contributed by atoms with van der Waals surface area (Å²) in [4.78, 5) is 25.2. The Hall–Kier alpha value is -2.38. The minimum atomic E-state index is -2.98. The number of carbonyl (C=O) groups is 2. The van der Waals surface area contributed by atoms with Crippen molar-refractivity contribution in [3.8, 4) is 0 Å². The predicted molar refractivity (Wildman–Crippen MR) is 95.5 cm³/mol. The van der Waals surface area contributed by atoms with Gasteiger partial charge >= 0.3 is 12.2 Å². The Kier molecular flexibility index (Phi) is 6.62. The summed E-state index contributed by atoms with van der Waals surface area (Å²) in [6, 6.07) is 9.04. The maximum absolute atomic E-state index is 14.2. The summed E-state index contributed by atoms with van der Waals surface area (Å²) in [5.74, 6) is -4.19. The Morgan fingerprint density at radius 1 is 1.26 bits per heavy atom. The molecular weight excluding hydrogens is 358 g/mol. The average Bonchev–Trinajstić information content (AvgIpc) is 2.58. The van der Waals surface area contributed by atoms with Crippen LogP contribution in [0.15, 0.2) is 30.3 Å². The summed E-state index contributed by atoms with van der Waals surface area (Å²) in [5, 5.41) is 2.37. The quantitative estimate of drug-likeness (QED) is 0.857. The number of alkyl halides is 2. The van der Waals surface area contributed by atoms with Crippen molar-refractivity contribution >= 4 is 12.2 Å². The Morgan fingerprint density at radius 3 is 2.56 bits per heavy atom. The lowest BCUT2D eigenvalue weighted by molar-refractivity contribution is -0.103. The van der Waals surface area contributed by atoms with E-state index in [9.17, 15) is 18.4 Å². The van der Waals surface area contributed by atoms with Crippen LogP contribution in [0, 0.1) is 5.92 Å². The number of ether oxygens (including phenoxy) is 2. The molecule has 1 aromatic carbocycles. The van der Waals surface area contributed by atoms with Crippen molar-refractivity contribution in [2.75, 3.05) is 19.6 Å². The van der Waals surface area contributed by atoms with Crippen molar-refractivity contribution in [3.63, 3.8) is 0 Å². The van der Waals surface area contributed by atoms with Gasteiger partial charge < -0.3 is 19.7 Å². The highest BCUT2D eigenvalue weighted by Crippen LogP contribution is 2.33. The zero-order valence-electron chi connectivity index (χ0n) is 15.8. The molecule has 1 fully saturated rings. The maximum Gasteiger partial charge on any atom is 0.410 e. The van der Waals surface area contributed by atoms with E-state index in [0.29, 0.717) is 0 Å². The van der Waals surface area contributed by atoms with Gasteiger partial charge in [0.2, 0.25) is 0 Å². The molecule has 0 radical (unpaired) electrons. The lowest BCUT2D eigenvalue weighted by atomic mass is 9.93. The van der Waals surface area contributed by atoms with Crippen LogP contribution in [-0.2, 0) is 16.1 Å². The van der Waals surface area contributed by atoms with Crippen LogP contribution in [0.5, 0.6) is 0 Å². The van der Waals surface area contributed by atoms with Crippen LogP contribution in [0.3, 0.4) is 0 Å². The van der Waals surface area contributed by atoms with Gasteiger partial charge in [-0.1, -0.05) is 30.3 Å². The first-order chi connectivity index (χ1) is 12.6. The fourth-order valence-electron chi connectivity index (χ4n) is 2.67. The van der Waals surface area contributed by atoms with E-state index in [0.717, 1.165) is 5.56 Å². The molecule has 1 N–H and O–H groups in total. The fourth-order valence-corrected chi connectivity index (χ4v) is 2.67. The van der Waals surface area contributed by atoms with Crippen LogP contribution in [0.2, 0.25) is 0 Å². The molecule has 27 heavy (non-hydrogen) atoms. The normalized spacial score (nSPS) is 19.3. The smallest absolute Gasteiger partial charge is 0.410 e. The third-order valence-corrected chi connectivity index (χ3v) is 4.11. The average molecular weight is 384 g/mol. The minimum Gasteiger partial charge on any atom is -0.445 e. The molecule has 150 valence electrons. The van der Waals surface area contributed by atoms with Gasteiger partial charge in [-0.3, -0.25) is 0 Å². The number of nitrogens with one attached hydrogen (secondary N) is 1. The first kappa shape index (κ1) is 20.9. The second-order valence-electron chi connectivity index (χ2n) is 7.58. The lowest BCUT2D eigenvalue weighted by Crippen LogP contribution is -2.53. The van der Waals surface area contributed by atoms with Crippen LogP contribution in [0.4, 0.5) is 18.4 Å². The van der Waals surface area contributed by atoms with Crippen LogP contribution in [0.25, 0.3) is 0 Å². The molecule has 1 aromatic rings. The Morgan fingerprint density at radius 2 is 1.93 bits per heavy atom. The highest BCUT2D eigenvalue weighted by Gasteiger charge is 2.45. The van der Waals surface area contributed by atoms with E-state index in [1.54, 1.807) is 32.9 Å². The summed E-state index contributed by atoms with van der Waals surface area (Å²) < 4.78 is 38.6. The van der Waals surface area contributed by atoms with E-state index in [1.807, 2.05) is 18.2 Å². The Labute approximate surface area is 157 Å². The van der Waals surface area contributed by atoms with E-state index in [1.165, 1.54) is 4.90 Å². The van der Waals surface area contributed by atoms with E-state index in [-0.39, 0.29) is 26.2 Å². The summed E-state index contributed by atoms with van der Waals surface area (Å²) in [5.41, 5.74) is 0.0956. The van der Waals surface area contributed by atoms with Gasteiger partial charge in [0.05, 0.1) is 5.92 Å². The lowest BCUT2D eigenvalue weighted by Gasteiger charge is -2.38. The number of rotatable bonds is 4. The van der Waals surface area contributed by atoms with Crippen LogP contribution >= 0.6 is 0 Å². The van der Waals surface area contributed by atoms with E-state index < -0.39 is 36.0 Å². The summed E-state index contributed by atoms with van der Waals surface area (Å²) in [7, 11) is 0. The molecule has 1 aliphatic rings. The zero-order valence-corrected chi connectivity index (χ0v) is 15.8. The largest absolute Gasteiger partial charge is 0.445 e. The van der Waals surface area contributed by atoms with Gasteiger partial charge in [0.25, 0.3) is 5.92 Å². The van der Waals surface area contributed by atoms with Gasteiger partial charge in [0.1, 0.15) is 12.2 Å². The van der Waals surface area contributed by atoms with Crippen molar-refractivity contribution in [2.45, 2.75) is 45.3 Å². The Bertz CT molecular complexity index is 647. The van der Waals surface area contributed by atoms with E-state index >= 15 is 0 Å². The van der Waals surface area contributed by atoms with Gasteiger partial charge in [0, 0.05) is 26.1 Å². The minimum absolute atomic E-state index is 0.0533. The number of halogens is 2. The Balaban J connectivity index is 1.85. The number of nitrogens with zero attached hydrogens (tertiary/aromatic N) is 1. The van der Waals surface area contributed by atoms with Crippen LogP contribution < -0.4 is 5.32 Å². The highest BCUT2D eigenvalue weighted by molar-refractivity contribution is 5.68. The molecule has 2 amide bonds. The molecule has 2 rings (SSSR count). The second-order valence-corrected chi connectivity index (χ2v) is 7.58. The van der Waals surface area contributed by atoms with Crippen molar-refractivity contribution in [1.29, 1.82) is 0 Å². The van der Waals surface area contributed by atoms with Gasteiger partial charge in [-0.05, 0) is 26.3 Å². The molecule has 0 aliphatic carbocycles. The van der Waals surface area contributed by atoms with Gasteiger partial charge in [0.15, 0.2) is 0 Å². The molecule has 0 aromatic heterocycles. The van der Waals surface area contributed by atoms with Crippen molar-refractivity contribution in [3.05, 3.63) is 35.9 Å². The molecule has 6 nitrogen and oxygen atoms in total. The van der Waals surface area contributed by atoms with Crippen LogP contribution in [-0.4, -0.2) is 48.2 Å². The van der Waals surface area contributed by atoms with Crippen molar-refractivity contribution < 1.29 is 27.8 Å². The molecule has 1 unspecified atom stereocenters. The molecule has 0 saturated carbocycles. The van der Waals surface area contributed by atoms with Gasteiger partial charge in [-0.25, -0.2) is 18.4 Å². The zero-order chi connectivity index (χ0) is 20.1. The monoisotopic (exact) mass is 384 g/mol. The SMILES string of the molecule is CC(C)(C)OC(=O)N1CCC(F)(F)C(CNC(=O)OCc2ccccc2)C1. The number of hydrogen-bond donors (Lipinski definition) is 1. The number of piperidine rings is 1. The van der Waals surface area contributed by atoms with Gasteiger partial charge in [-0.15, -0.1) is 0 Å². The second kappa shape index (κ2) is 8.54. The number of hydrogen-bond acceptors (Lipinski definition) is 4. The molecule has 0 bridgehead atoms. The summed E-state index contributed by atoms with van der Waals surface area (Å²) in [6.45, 7) is 4.62. The topological polar surface area (TPSA) is 67.9 Å². The fraction of sp³-hybridized carbons (Fsp3) is 0.579.